The van der Waals surface area contributed by atoms with Crippen molar-refractivity contribution in [3.8, 4) is 0 Å². The van der Waals surface area contributed by atoms with E-state index in [0.29, 0.717) is 5.16 Å². The lowest BCUT2D eigenvalue weighted by Gasteiger charge is -2.29. The second-order valence-corrected chi connectivity index (χ2v) is 5.93. The molecular weight excluding hydrogens is 282 g/mol. The SMILES string of the molecule is CC(C)NC(C)(CSc1nc(=O)c(=O)[nH]n1C)C(N)=O. The van der Waals surface area contributed by atoms with Crippen molar-refractivity contribution in [2.45, 2.75) is 37.5 Å². The number of rotatable bonds is 6. The predicted octanol–water partition coefficient (Wildman–Crippen LogP) is -1.20. The van der Waals surface area contributed by atoms with Crippen LogP contribution in [0.1, 0.15) is 20.8 Å². The normalized spacial score (nSPS) is 14.2. The van der Waals surface area contributed by atoms with Gasteiger partial charge in [-0.05, 0) is 20.8 Å². The lowest BCUT2D eigenvalue weighted by atomic mass is 10.0. The van der Waals surface area contributed by atoms with Crippen LogP contribution in [0.5, 0.6) is 0 Å². The molecule has 1 rings (SSSR count). The van der Waals surface area contributed by atoms with Gasteiger partial charge in [0.25, 0.3) is 0 Å². The summed E-state index contributed by atoms with van der Waals surface area (Å²) in [6, 6.07) is 0.0699. The van der Waals surface area contributed by atoms with Crippen LogP contribution in [0.15, 0.2) is 14.7 Å². The monoisotopic (exact) mass is 301 g/mol. The van der Waals surface area contributed by atoms with Crippen molar-refractivity contribution in [1.82, 2.24) is 20.1 Å². The van der Waals surface area contributed by atoms with Crippen LogP contribution in [0.4, 0.5) is 0 Å². The molecule has 4 N–H and O–H groups in total. The third kappa shape index (κ3) is 3.94. The zero-order chi connectivity index (χ0) is 15.5. The number of nitrogens with one attached hydrogen (secondary N) is 2. The van der Waals surface area contributed by atoms with Gasteiger partial charge in [-0.1, -0.05) is 11.8 Å². The van der Waals surface area contributed by atoms with Gasteiger partial charge >= 0.3 is 11.1 Å². The van der Waals surface area contributed by atoms with Gasteiger partial charge < -0.3 is 11.1 Å². The zero-order valence-corrected chi connectivity index (χ0v) is 12.7. The van der Waals surface area contributed by atoms with Gasteiger partial charge in [0, 0.05) is 18.8 Å². The Morgan fingerprint density at radius 1 is 1.55 bits per heavy atom. The molecule has 20 heavy (non-hydrogen) atoms. The molecule has 0 saturated carbocycles. The first kappa shape index (κ1) is 16.4. The Balaban J connectivity index is 2.94. The Morgan fingerprint density at radius 2 is 2.15 bits per heavy atom. The van der Waals surface area contributed by atoms with Crippen molar-refractivity contribution < 1.29 is 4.79 Å². The number of H-pyrrole nitrogens is 1. The Labute approximate surface area is 120 Å². The van der Waals surface area contributed by atoms with Crippen molar-refractivity contribution in [3.63, 3.8) is 0 Å². The third-order valence-corrected chi connectivity index (χ3v) is 3.93. The predicted molar refractivity (Wildman–Crippen MR) is 76.7 cm³/mol. The van der Waals surface area contributed by atoms with E-state index in [-0.39, 0.29) is 11.8 Å². The number of amides is 1. The van der Waals surface area contributed by atoms with E-state index in [1.54, 1.807) is 14.0 Å². The highest BCUT2D eigenvalue weighted by atomic mass is 32.2. The average molecular weight is 301 g/mol. The topological polar surface area (TPSA) is 123 Å². The van der Waals surface area contributed by atoms with Crippen LogP contribution in [0, 0.1) is 0 Å². The van der Waals surface area contributed by atoms with Crippen LogP contribution in [0.2, 0.25) is 0 Å². The first-order valence-electron chi connectivity index (χ1n) is 6.03. The molecule has 0 spiro atoms. The molecule has 0 radical (unpaired) electrons. The molecule has 8 nitrogen and oxygen atoms in total. The van der Waals surface area contributed by atoms with Crippen molar-refractivity contribution in [2.24, 2.45) is 12.8 Å². The summed E-state index contributed by atoms with van der Waals surface area (Å²) in [5.74, 6) is -0.208. The van der Waals surface area contributed by atoms with Crippen molar-refractivity contribution in [3.05, 3.63) is 20.7 Å². The summed E-state index contributed by atoms with van der Waals surface area (Å²) in [5.41, 5.74) is 2.84. The highest BCUT2D eigenvalue weighted by Gasteiger charge is 2.32. The standard InChI is InChI=1S/C11H19N5O3S/c1-6(2)14-11(3,9(12)19)5-20-10-13-7(17)8(18)15-16(10)4/h6,14H,5H2,1-4H3,(H2,12,19)(H,15,18). The molecule has 0 aliphatic rings. The van der Waals surface area contributed by atoms with Gasteiger partial charge in [-0.2, -0.15) is 4.98 Å². The molecule has 0 fully saturated rings. The summed E-state index contributed by atoms with van der Waals surface area (Å²) >= 11 is 1.17. The molecule has 0 bridgehead atoms. The molecule has 112 valence electrons. The minimum absolute atomic E-state index is 0.0699. The van der Waals surface area contributed by atoms with E-state index < -0.39 is 22.6 Å². The Kier molecular flexibility index (Phi) is 5.12. The van der Waals surface area contributed by atoms with Crippen molar-refractivity contribution in [2.75, 3.05) is 5.75 Å². The van der Waals surface area contributed by atoms with E-state index in [0.717, 1.165) is 0 Å². The second kappa shape index (κ2) is 6.23. The molecule has 9 heteroatoms. The van der Waals surface area contributed by atoms with Crippen LogP contribution in [0.25, 0.3) is 0 Å². The third-order valence-electron chi connectivity index (χ3n) is 2.59. The van der Waals surface area contributed by atoms with Gasteiger partial charge in [-0.25, -0.2) is 0 Å². The highest BCUT2D eigenvalue weighted by molar-refractivity contribution is 7.99. The number of carbonyl (C=O) groups excluding carboxylic acids is 1. The van der Waals surface area contributed by atoms with Gasteiger partial charge in [0.15, 0.2) is 5.16 Å². The summed E-state index contributed by atoms with van der Waals surface area (Å²) in [6.45, 7) is 5.49. The molecule has 0 saturated heterocycles. The van der Waals surface area contributed by atoms with Crippen LogP contribution < -0.4 is 22.2 Å². The number of nitrogens with two attached hydrogens (primary N) is 1. The fourth-order valence-electron chi connectivity index (χ4n) is 1.62. The minimum Gasteiger partial charge on any atom is -0.368 e. The molecule has 1 aromatic heterocycles. The number of hydrogen-bond donors (Lipinski definition) is 3. The van der Waals surface area contributed by atoms with Crippen molar-refractivity contribution in [1.29, 1.82) is 0 Å². The molecule has 0 aliphatic carbocycles. The fraction of sp³-hybridized carbons (Fsp3) is 0.636. The van der Waals surface area contributed by atoms with E-state index in [9.17, 15) is 14.4 Å². The molecular formula is C11H19N5O3S. The number of aromatic nitrogens is 3. The smallest absolute Gasteiger partial charge is 0.339 e. The van der Waals surface area contributed by atoms with Crippen LogP contribution in [-0.2, 0) is 11.8 Å². The molecule has 1 aromatic rings. The number of hydrogen-bond acceptors (Lipinski definition) is 6. The summed E-state index contributed by atoms with van der Waals surface area (Å²) in [6.07, 6.45) is 0. The Morgan fingerprint density at radius 3 is 2.65 bits per heavy atom. The summed E-state index contributed by atoms with van der Waals surface area (Å²) in [7, 11) is 1.56. The van der Waals surface area contributed by atoms with Gasteiger partial charge in [0.05, 0.1) is 0 Å². The number of carbonyl (C=O) groups is 1. The largest absolute Gasteiger partial charge is 0.368 e. The van der Waals surface area contributed by atoms with Crippen LogP contribution >= 0.6 is 11.8 Å². The maximum Gasteiger partial charge on any atom is 0.339 e. The molecule has 1 heterocycles. The highest BCUT2D eigenvalue weighted by Crippen LogP contribution is 2.19. The minimum atomic E-state index is -0.938. The lowest BCUT2D eigenvalue weighted by Crippen LogP contribution is -2.57. The summed E-state index contributed by atoms with van der Waals surface area (Å²) in [4.78, 5) is 37.6. The van der Waals surface area contributed by atoms with E-state index in [4.69, 9.17) is 5.73 Å². The van der Waals surface area contributed by atoms with E-state index in [2.05, 4.69) is 15.4 Å². The van der Waals surface area contributed by atoms with E-state index in [1.165, 1.54) is 16.4 Å². The van der Waals surface area contributed by atoms with Gasteiger partial charge in [-0.15, -0.1) is 0 Å². The first-order valence-corrected chi connectivity index (χ1v) is 7.02. The Hall–Kier alpha value is -1.61. The lowest BCUT2D eigenvalue weighted by molar-refractivity contribution is -0.123. The Bertz CT molecular complexity index is 609. The average Bonchev–Trinajstić information content (AvgIpc) is 2.31. The number of aryl methyl sites for hydroxylation is 1. The molecule has 1 unspecified atom stereocenters. The van der Waals surface area contributed by atoms with E-state index >= 15 is 0 Å². The maximum absolute atomic E-state index is 11.6. The molecule has 0 aromatic carbocycles. The van der Waals surface area contributed by atoms with Gasteiger partial charge in [-0.3, -0.25) is 24.2 Å². The zero-order valence-electron chi connectivity index (χ0n) is 11.9. The van der Waals surface area contributed by atoms with Crippen LogP contribution in [-0.4, -0.2) is 38.0 Å². The second-order valence-electron chi connectivity index (χ2n) is 4.98. The summed E-state index contributed by atoms with van der Waals surface area (Å²) in [5, 5.41) is 5.74. The quantitative estimate of drug-likeness (QED) is 0.448. The maximum atomic E-state index is 11.6. The van der Waals surface area contributed by atoms with Crippen molar-refractivity contribution >= 4 is 17.7 Å². The number of nitrogens with zero attached hydrogens (tertiary/aromatic N) is 2. The molecule has 0 aliphatic heterocycles. The number of aromatic amines is 1. The van der Waals surface area contributed by atoms with E-state index in [1.807, 2.05) is 13.8 Å². The van der Waals surface area contributed by atoms with Gasteiger partial charge in [0.1, 0.15) is 5.54 Å². The van der Waals surface area contributed by atoms with Gasteiger partial charge in [0.2, 0.25) is 5.91 Å². The van der Waals surface area contributed by atoms with Crippen LogP contribution in [0.3, 0.4) is 0 Å². The number of thioether (sulfide) groups is 1. The first-order chi connectivity index (χ1) is 9.15. The summed E-state index contributed by atoms with van der Waals surface area (Å²) < 4.78 is 1.34. The molecule has 1 amide bonds. The molecule has 1 atom stereocenters. The fourth-order valence-corrected chi connectivity index (χ4v) is 2.65. The number of primary amides is 1.